The van der Waals surface area contributed by atoms with E-state index in [1.807, 2.05) is 0 Å². The SMILES string of the molecule is CCOC(=O)C(=O)c1ccc(C(=O)OCC)o1. The molecule has 1 heterocycles. The van der Waals surface area contributed by atoms with Gasteiger partial charge in [-0.2, -0.15) is 0 Å². The van der Waals surface area contributed by atoms with E-state index >= 15 is 0 Å². The number of esters is 2. The number of hydrogen-bond acceptors (Lipinski definition) is 6. The molecule has 0 saturated heterocycles. The molecule has 0 aliphatic carbocycles. The molecule has 0 N–H and O–H groups in total. The van der Waals surface area contributed by atoms with Crippen LogP contribution in [0.25, 0.3) is 0 Å². The summed E-state index contributed by atoms with van der Waals surface area (Å²) in [5, 5.41) is 0. The van der Waals surface area contributed by atoms with E-state index < -0.39 is 17.7 Å². The van der Waals surface area contributed by atoms with Crippen molar-refractivity contribution in [1.29, 1.82) is 0 Å². The van der Waals surface area contributed by atoms with Crippen molar-refractivity contribution in [2.75, 3.05) is 13.2 Å². The van der Waals surface area contributed by atoms with Gasteiger partial charge in [0.1, 0.15) is 0 Å². The van der Waals surface area contributed by atoms with Crippen LogP contribution in [-0.2, 0) is 14.3 Å². The Hall–Kier alpha value is -2.11. The Labute approximate surface area is 97.5 Å². The lowest BCUT2D eigenvalue weighted by Crippen LogP contribution is -2.16. The maximum atomic E-state index is 11.4. The minimum absolute atomic E-state index is 0.0933. The van der Waals surface area contributed by atoms with Crippen molar-refractivity contribution in [3.8, 4) is 0 Å². The summed E-state index contributed by atoms with van der Waals surface area (Å²) < 4.78 is 14.1. The summed E-state index contributed by atoms with van der Waals surface area (Å²) >= 11 is 0. The van der Waals surface area contributed by atoms with Gasteiger partial charge in [-0.25, -0.2) is 9.59 Å². The summed E-state index contributed by atoms with van der Waals surface area (Å²) in [6.07, 6.45) is 0. The van der Waals surface area contributed by atoms with Crippen LogP contribution < -0.4 is 0 Å². The molecule has 0 bridgehead atoms. The fourth-order valence-corrected chi connectivity index (χ4v) is 1.07. The lowest BCUT2D eigenvalue weighted by atomic mass is 10.3. The molecule has 92 valence electrons. The Kier molecular flexibility index (Phi) is 4.45. The van der Waals surface area contributed by atoms with E-state index in [0.29, 0.717) is 0 Å². The van der Waals surface area contributed by atoms with Crippen molar-refractivity contribution in [2.24, 2.45) is 0 Å². The van der Waals surface area contributed by atoms with Gasteiger partial charge < -0.3 is 13.9 Å². The van der Waals surface area contributed by atoms with E-state index in [4.69, 9.17) is 4.42 Å². The first kappa shape index (κ1) is 13.0. The predicted octanol–water partition coefficient (Wildman–Crippen LogP) is 1.20. The smallest absolute Gasteiger partial charge is 0.383 e. The van der Waals surface area contributed by atoms with E-state index in [-0.39, 0.29) is 24.7 Å². The number of rotatable bonds is 5. The van der Waals surface area contributed by atoms with Crippen molar-refractivity contribution < 1.29 is 28.3 Å². The van der Waals surface area contributed by atoms with Gasteiger partial charge in [0.2, 0.25) is 5.76 Å². The topological polar surface area (TPSA) is 82.8 Å². The number of ketones is 1. The second-order valence-electron chi connectivity index (χ2n) is 2.93. The molecule has 0 fully saturated rings. The van der Waals surface area contributed by atoms with E-state index in [1.54, 1.807) is 13.8 Å². The Morgan fingerprint density at radius 3 is 2.24 bits per heavy atom. The van der Waals surface area contributed by atoms with Gasteiger partial charge in [0.05, 0.1) is 13.2 Å². The Bertz CT molecular complexity index is 431. The van der Waals surface area contributed by atoms with Crippen LogP contribution in [0.1, 0.15) is 35.0 Å². The van der Waals surface area contributed by atoms with Crippen molar-refractivity contribution in [2.45, 2.75) is 13.8 Å². The second-order valence-corrected chi connectivity index (χ2v) is 2.93. The largest absolute Gasteiger partial charge is 0.460 e. The highest BCUT2D eigenvalue weighted by Gasteiger charge is 2.23. The minimum atomic E-state index is -1.02. The lowest BCUT2D eigenvalue weighted by molar-refractivity contribution is -0.137. The number of ether oxygens (including phenoxy) is 2. The third kappa shape index (κ3) is 3.17. The number of Topliss-reactive ketones (excluding diaryl/α,β-unsaturated/α-hetero) is 1. The second kappa shape index (κ2) is 5.83. The molecule has 1 rings (SSSR count). The zero-order valence-electron chi connectivity index (χ0n) is 9.52. The molecule has 6 heteroatoms. The van der Waals surface area contributed by atoms with E-state index in [9.17, 15) is 14.4 Å². The first-order valence-electron chi connectivity index (χ1n) is 5.08. The molecule has 0 radical (unpaired) electrons. The fourth-order valence-electron chi connectivity index (χ4n) is 1.07. The standard InChI is InChI=1S/C11H12O6/c1-3-15-10(13)8-6-5-7(17-8)9(12)11(14)16-4-2/h5-6H,3-4H2,1-2H3. The molecule has 0 spiro atoms. The molecule has 0 aliphatic rings. The number of hydrogen-bond donors (Lipinski definition) is 0. The highest BCUT2D eigenvalue weighted by atomic mass is 16.5. The van der Waals surface area contributed by atoms with Gasteiger partial charge >= 0.3 is 17.7 Å². The summed E-state index contributed by atoms with van der Waals surface area (Å²) in [4.78, 5) is 33.7. The first-order chi connectivity index (χ1) is 8.10. The summed E-state index contributed by atoms with van der Waals surface area (Å²) in [5.74, 6) is -3.00. The van der Waals surface area contributed by atoms with Crippen LogP contribution in [-0.4, -0.2) is 30.9 Å². The highest BCUT2D eigenvalue weighted by molar-refractivity contribution is 6.39. The molecule has 6 nitrogen and oxygen atoms in total. The summed E-state index contributed by atoms with van der Waals surface area (Å²) in [5.41, 5.74) is 0. The molecule has 1 aromatic rings. The van der Waals surface area contributed by atoms with Gasteiger partial charge in [-0.3, -0.25) is 4.79 Å². The summed E-state index contributed by atoms with van der Waals surface area (Å²) in [7, 11) is 0. The van der Waals surface area contributed by atoms with Crippen LogP contribution in [0.15, 0.2) is 16.5 Å². The molecule has 0 saturated carbocycles. The van der Waals surface area contributed by atoms with Gasteiger partial charge in [-0.05, 0) is 26.0 Å². The molecule has 17 heavy (non-hydrogen) atoms. The van der Waals surface area contributed by atoms with Crippen LogP contribution >= 0.6 is 0 Å². The quantitative estimate of drug-likeness (QED) is 0.437. The van der Waals surface area contributed by atoms with Crippen LogP contribution in [0, 0.1) is 0 Å². The first-order valence-corrected chi connectivity index (χ1v) is 5.08. The van der Waals surface area contributed by atoms with Crippen LogP contribution in [0.3, 0.4) is 0 Å². The Morgan fingerprint density at radius 1 is 1.06 bits per heavy atom. The third-order valence-electron chi connectivity index (χ3n) is 1.77. The minimum Gasteiger partial charge on any atom is -0.460 e. The molecule has 0 atom stereocenters. The van der Waals surface area contributed by atoms with Crippen molar-refractivity contribution in [1.82, 2.24) is 0 Å². The predicted molar refractivity (Wildman–Crippen MR) is 55.6 cm³/mol. The average molecular weight is 240 g/mol. The lowest BCUT2D eigenvalue weighted by Gasteiger charge is -1.98. The van der Waals surface area contributed by atoms with Gasteiger partial charge in [-0.1, -0.05) is 0 Å². The Morgan fingerprint density at radius 2 is 1.65 bits per heavy atom. The van der Waals surface area contributed by atoms with Crippen LogP contribution in [0.2, 0.25) is 0 Å². The van der Waals surface area contributed by atoms with Gasteiger partial charge in [0, 0.05) is 0 Å². The van der Waals surface area contributed by atoms with Gasteiger partial charge in [0.15, 0.2) is 5.76 Å². The van der Waals surface area contributed by atoms with Crippen molar-refractivity contribution in [3.63, 3.8) is 0 Å². The molecule has 0 amide bonds. The summed E-state index contributed by atoms with van der Waals surface area (Å²) in [6.45, 7) is 3.51. The van der Waals surface area contributed by atoms with E-state index in [1.165, 1.54) is 12.1 Å². The molecule has 0 aliphatic heterocycles. The summed E-state index contributed by atoms with van der Waals surface area (Å²) in [6, 6.07) is 2.50. The van der Waals surface area contributed by atoms with Crippen molar-refractivity contribution in [3.05, 3.63) is 23.7 Å². The zero-order chi connectivity index (χ0) is 12.8. The fraction of sp³-hybridized carbons (Fsp3) is 0.364. The van der Waals surface area contributed by atoms with Gasteiger partial charge in [0.25, 0.3) is 0 Å². The molecule has 0 aromatic carbocycles. The maximum absolute atomic E-state index is 11.4. The van der Waals surface area contributed by atoms with Gasteiger partial charge in [-0.15, -0.1) is 0 Å². The van der Waals surface area contributed by atoms with Crippen LogP contribution in [0.4, 0.5) is 0 Å². The zero-order valence-corrected chi connectivity index (χ0v) is 9.52. The molecule has 1 aromatic heterocycles. The average Bonchev–Trinajstić information content (AvgIpc) is 2.78. The number of carbonyl (C=O) groups is 3. The Balaban J connectivity index is 2.77. The highest BCUT2D eigenvalue weighted by Crippen LogP contribution is 2.10. The van der Waals surface area contributed by atoms with E-state index in [2.05, 4.69) is 9.47 Å². The monoisotopic (exact) mass is 240 g/mol. The van der Waals surface area contributed by atoms with E-state index in [0.717, 1.165) is 0 Å². The normalized spacial score (nSPS) is 9.76. The molecule has 0 unspecified atom stereocenters. The van der Waals surface area contributed by atoms with Crippen LogP contribution in [0.5, 0.6) is 0 Å². The third-order valence-corrected chi connectivity index (χ3v) is 1.77. The molecular formula is C11H12O6. The molecular weight excluding hydrogens is 228 g/mol. The maximum Gasteiger partial charge on any atom is 0.383 e. The number of furan rings is 1. The van der Waals surface area contributed by atoms with Crippen molar-refractivity contribution >= 4 is 17.7 Å². The number of carbonyl (C=O) groups excluding carboxylic acids is 3.